The first kappa shape index (κ1) is 30.8. The summed E-state index contributed by atoms with van der Waals surface area (Å²) in [5.41, 5.74) is 1.77. The molecule has 1 aliphatic heterocycles. The van der Waals surface area contributed by atoms with Crippen molar-refractivity contribution in [1.82, 2.24) is 20.2 Å². The number of nitrogens with one attached hydrogen (secondary N) is 2. The topological polar surface area (TPSA) is 129 Å². The van der Waals surface area contributed by atoms with Crippen LogP contribution in [0.5, 0.6) is 5.75 Å². The Morgan fingerprint density at radius 3 is 2.67 bits per heavy atom. The Kier molecular flexibility index (Phi) is 10.3. The second-order valence-electron chi connectivity index (χ2n) is 10.6. The van der Waals surface area contributed by atoms with Gasteiger partial charge in [0, 0.05) is 44.4 Å². The van der Waals surface area contributed by atoms with Crippen LogP contribution in [0, 0.1) is 0 Å². The molecule has 0 radical (unpaired) electrons. The molecule has 12 heteroatoms. The number of amides is 2. The van der Waals surface area contributed by atoms with Crippen LogP contribution in [0.15, 0.2) is 36.5 Å². The molecule has 1 saturated carbocycles. The summed E-state index contributed by atoms with van der Waals surface area (Å²) < 4.78 is 10.2. The van der Waals surface area contributed by atoms with Crippen molar-refractivity contribution in [3.05, 3.63) is 42.1 Å². The van der Waals surface area contributed by atoms with Crippen molar-refractivity contribution >= 4 is 40.9 Å². The number of aromatic nitrogens is 2. The molecule has 0 saturated heterocycles. The third-order valence-electron chi connectivity index (χ3n) is 7.77. The van der Waals surface area contributed by atoms with Gasteiger partial charge in [-0.05, 0) is 44.5 Å². The number of hydrogen-bond acceptors (Lipinski definition) is 10. The Morgan fingerprint density at radius 1 is 1.21 bits per heavy atom. The van der Waals surface area contributed by atoms with Gasteiger partial charge in [-0.2, -0.15) is 4.98 Å². The first-order chi connectivity index (χ1) is 20.3. The number of hydrogen-bond donors (Lipinski definition) is 2. The van der Waals surface area contributed by atoms with E-state index in [0.29, 0.717) is 54.7 Å². The third kappa shape index (κ3) is 6.99. The number of ether oxygens (including phenoxy) is 2. The lowest BCUT2D eigenvalue weighted by Crippen LogP contribution is -2.55. The van der Waals surface area contributed by atoms with E-state index in [1.165, 1.54) is 13.2 Å². The first-order valence-corrected chi connectivity index (χ1v) is 14.4. The predicted octanol–water partition coefficient (Wildman–Crippen LogP) is 3.12. The van der Waals surface area contributed by atoms with Gasteiger partial charge in [0.15, 0.2) is 5.82 Å². The van der Waals surface area contributed by atoms with Crippen molar-refractivity contribution in [2.45, 2.75) is 51.1 Å². The van der Waals surface area contributed by atoms with E-state index in [1.807, 2.05) is 18.9 Å². The number of rotatable bonds is 12. The van der Waals surface area contributed by atoms with Crippen molar-refractivity contribution in [1.29, 1.82) is 0 Å². The number of benzene rings is 1. The molecule has 226 valence electrons. The zero-order valence-corrected chi connectivity index (χ0v) is 25.1. The van der Waals surface area contributed by atoms with E-state index in [0.717, 1.165) is 31.5 Å². The van der Waals surface area contributed by atoms with Gasteiger partial charge in [-0.15, -0.1) is 0 Å². The number of methoxy groups -OCH3 is 2. The average Bonchev–Trinajstić information content (AvgIpc) is 3.53. The van der Waals surface area contributed by atoms with E-state index in [1.54, 1.807) is 49.5 Å². The van der Waals surface area contributed by atoms with Gasteiger partial charge >= 0.3 is 5.97 Å². The van der Waals surface area contributed by atoms with Crippen LogP contribution in [0.1, 0.15) is 49.4 Å². The van der Waals surface area contributed by atoms with Gasteiger partial charge in [0.1, 0.15) is 17.5 Å². The van der Waals surface area contributed by atoms with E-state index in [4.69, 9.17) is 9.72 Å². The number of carbonyl (C=O) groups is 3. The van der Waals surface area contributed by atoms with E-state index in [9.17, 15) is 14.4 Å². The standard InChI is InChI=1S/C30H41N7O5/c1-6-23-29(40)36(3)24-19-32-30(34-27(24)37(23)21-10-7-8-11-21)33-22-14-13-20(18-25(22)41-4)28(39)31-15-17-35(2)16-9-12-26(38)42-5/h9,12-14,18-19,21,23H,6-8,10-11,15-17H2,1-5H3,(H,31,39)(H,32,33,34)/b12-9+/t23-/m1/s1. The van der Waals surface area contributed by atoms with Crippen molar-refractivity contribution in [3.63, 3.8) is 0 Å². The molecule has 2 aromatic rings. The number of fused-ring (bicyclic) bond motifs is 1. The Labute approximate surface area is 247 Å². The quantitative estimate of drug-likeness (QED) is 0.286. The highest BCUT2D eigenvalue weighted by atomic mass is 16.5. The molecule has 1 aromatic carbocycles. The van der Waals surface area contributed by atoms with Crippen LogP contribution in [0.3, 0.4) is 0 Å². The van der Waals surface area contributed by atoms with E-state index < -0.39 is 5.97 Å². The lowest BCUT2D eigenvalue weighted by atomic mass is 10.0. The highest BCUT2D eigenvalue weighted by molar-refractivity contribution is 6.04. The molecule has 1 aromatic heterocycles. The minimum Gasteiger partial charge on any atom is -0.495 e. The van der Waals surface area contributed by atoms with Crippen LogP contribution in [0.4, 0.5) is 23.1 Å². The summed E-state index contributed by atoms with van der Waals surface area (Å²) >= 11 is 0. The number of carbonyl (C=O) groups excluding carboxylic acids is 3. The maximum atomic E-state index is 13.1. The summed E-state index contributed by atoms with van der Waals surface area (Å²) in [4.78, 5) is 52.3. The van der Waals surface area contributed by atoms with Gasteiger partial charge in [0.2, 0.25) is 11.9 Å². The number of likely N-dealkylation sites (N-methyl/N-ethyl adjacent to an activating group) is 2. The molecule has 42 heavy (non-hydrogen) atoms. The Balaban J connectivity index is 1.45. The SMILES string of the molecule is CC[C@@H]1C(=O)N(C)c2cnc(Nc3ccc(C(=O)NCCN(C)C/C=C/C(=O)OC)cc3OC)nc2N1C1CCCC1. The number of esters is 1. The number of nitrogens with zero attached hydrogens (tertiary/aromatic N) is 5. The molecule has 2 aliphatic rings. The first-order valence-electron chi connectivity index (χ1n) is 14.4. The molecule has 2 N–H and O–H groups in total. The third-order valence-corrected chi connectivity index (χ3v) is 7.77. The Bertz CT molecular complexity index is 1310. The van der Waals surface area contributed by atoms with Crippen LogP contribution in [-0.4, -0.2) is 92.7 Å². The molecule has 0 unspecified atom stereocenters. The Hall–Kier alpha value is -4.19. The van der Waals surface area contributed by atoms with Gasteiger partial charge in [0.25, 0.3) is 5.91 Å². The van der Waals surface area contributed by atoms with Crippen LogP contribution in [0.25, 0.3) is 0 Å². The predicted molar refractivity (Wildman–Crippen MR) is 162 cm³/mol. The van der Waals surface area contributed by atoms with E-state index in [-0.39, 0.29) is 23.9 Å². The van der Waals surface area contributed by atoms with Crippen LogP contribution in [0.2, 0.25) is 0 Å². The molecule has 4 rings (SSSR count). The molecule has 0 spiro atoms. The van der Waals surface area contributed by atoms with Gasteiger partial charge < -0.3 is 34.8 Å². The summed E-state index contributed by atoms with van der Waals surface area (Å²) in [6.07, 6.45) is 9.85. The molecule has 2 heterocycles. The van der Waals surface area contributed by atoms with Crippen molar-refractivity contribution in [2.75, 3.05) is 63.1 Å². The maximum absolute atomic E-state index is 13.1. The number of anilines is 4. The molecule has 2 amide bonds. The van der Waals surface area contributed by atoms with Crippen molar-refractivity contribution < 1.29 is 23.9 Å². The molecule has 1 fully saturated rings. The highest BCUT2D eigenvalue weighted by Gasteiger charge is 2.41. The zero-order chi connectivity index (χ0) is 30.2. The molecule has 1 atom stereocenters. The van der Waals surface area contributed by atoms with Gasteiger partial charge in [-0.3, -0.25) is 9.59 Å². The van der Waals surface area contributed by atoms with Crippen molar-refractivity contribution in [3.8, 4) is 5.75 Å². The van der Waals surface area contributed by atoms with Gasteiger partial charge in [-0.1, -0.05) is 25.8 Å². The monoisotopic (exact) mass is 579 g/mol. The van der Waals surface area contributed by atoms with E-state index >= 15 is 0 Å². The zero-order valence-electron chi connectivity index (χ0n) is 25.1. The van der Waals surface area contributed by atoms with Crippen LogP contribution < -0.4 is 25.2 Å². The summed E-state index contributed by atoms with van der Waals surface area (Å²) in [5, 5.41) is 6.15. The summed E-state index contributed by atoms with van der Waals surface area (Å²) in [6, 6.07) is 5.17. The fraction of sp³-hybridized carbons (Fsp3) is 0.500. The largest absolute Gasteiger partial charge is 0.495 e. The maximum Gasteiger partial charge on any atom is 0.330 e. The normalized spacial score (nSPS) is 17.1. The lowest BCUT2D eigenvalue weighted by molar-refractivity contribution is -0.134. The molecule has 0 bridgehead atoms. The van der Waals surface area contributed by atoms with Gasteiger partial charge in [-0.25, -0.2) is 9.78 Å². The molecular weight excluding hydrogens is 538 g/mol. The minimum atomic E-state index is -0.401. The molecule has 1 aliphatic carbocycles. The smallest absolute Gasteiger partial charge is 0.330 e. The summed E-state index contributed by atoms with van der Waals surface area (Å²) in [5.74, 6) is 1.05. The molecular formula is C30H41N7O5. The Morgan fingerprint density at radius 2 is 1.98 bits per heavy atom. The molecule has 12 nitrogen and oxygen atoms in total. The second kappa shape index (κ2) is 14.1. The minimum absolute atomic E-state index is 0.0683. The van der Waals surface area contributed by atoms with Gasteiger partial charge in [0.05, 0.1) is 26.1 Å². The fourth-order valence-electron chi connectivity index (χ4n) is 5.45. The highest BCUT2D eigenvalue weighted by Crippen LogP contribution is 2.40. The summed E-state index contributed by atoms with van der Waals surface area (Å²) in [6.45, 7) is 3.62. The van der Waals surface area contributed by atoms with E-state index in [2.05, 4.69) is 25.3 Å². The second-order valence-corrected chi connectivity index (χ2v) is 10.6. The average molecular weight is 580 g/mol. The van der Waals surface area contributed by atoms with Crippen LogP contribution in [-0.2, 0) is 14.3 Å². The lowest BCUT2D eigenvalue weighted by Gasteiger charge is -2.43. The van der Waals surface area contributed by atoms with Crippen LogP contribution >= 0.6 is 0 Å². The summed E-state index contributed by atoms with van der Waals surface area (Å²) in [7, 11) is 6.55. The fourth-order valence-corrected chi connectivity index (χ4v) is 5.45. The van der Waals surface area contributed by atoms with Crippen molar-refractivity contribution in [2.24, 2.45) is 0 Å².